The largest absolute Gasteiger partial charge is 0.480 e. The van der Waals surface area contributed by atoms with Crippen molar-refractivity contribution in [2.75, 3.05) is 0 Å². The lowest BCUT2D eigenvalue weighted by Crippen LogP contribution is -2.43. The summed E-state index contributed by atoms with van der Waals surface area (Å²) in [5.74, 6) is -2.57. The predicted molar refractivity (Wildman–Crippen MR) is 61.8 cm³/mol. The van der Waals surface area contributed by atoms with Gasteiger partial charge in [0.1, 0.15) is 6.04 Å². The molecule has 0 saturated heterocycles. The zero-order valence-corrected chi connectivity index (χ0v) is 9.91. The van der Waals surface area contributed by atoms with Crippen LogP contribution in [0.15, 0.2) is 11.4 Å². The van der Waals surface area contributed by atoms with E-state index in [1.165, 1.54) is 11.3 Å². The van der Waals surface area contributed by atoms with Gasteiger partial charge in [-0.1, -0.05) is 0 Å². The van der Waals surface area contributed by atoms with Gasteiger partial charge >= 0.3 is 5.97 Å². The monoisotopic (exact) mass is 256 g/mol. The molecular formula is C10H12N2O4S. The van der Waals surface area contributed by atoms with Crippen molar-refractivity contribution in [1.29, 1.82) is 0 Å². The van der Waals surface area contributed by atoms with Crippen molar-refractivity contribution in [3.63, 3.8) is 0 Å². The SMILES string of the molecule is Cc1ccsc1C(=O)NC(CC(N)=O)C(=O)O. The van der Waals surface area contributed by atoms with Gasteiger partial charge in [-0.05, 0) is 23.9 Å². The molecule has 0 radical (unpaired) electrons. The first-order valence-corrected chi connectivity index (χ1v) is 5.66. The first kappa shape index (κ1) is 13.2. The molecule has 17 heavy (non-hydrogen) atoms. The highest BCUT2D eigenvalue weighted by atomic mass is 32.1. The molecule has 0 fully saturated rings. The molecule has 0 bridgehead atoms. The van der Waals surface area contributed by atoms with Gasteiger partial charge in [-0.3, -0.25) is 9.59 Å². The molecule has 6 nitrogen and oxygen atoms in total. The minimum absolute atomic E-state index is 0.425. The number of amides is 2. The molecule has 2 amide bonds. The lowest BCUT2D eigenvalue weighted by atomic mass is 10.2. The van der Waals surface area contributed by atoms with E-state index in [0.717, 1.165) is 5.56 Å². The van der Waals surface area contributed by atoms with Gasteiger partial charge in [0.2, 0.25) is 5.91 Å². The average molecular weight is 256 g/mol. The molecule has 0 aromatic carbocycles. The lowest BCUT2D eigenvalue weighted by Gasteiger charge is -2.12. The first-order valence-electron chi connectivity index (χ1n) is 4.78. The Hall–Kier alpha value is -1.89. The number of aliphatic carboxylic acids is 1. The Balaban J connectivity index is 2.74. The number of carboxylic acids is 1. The molecule has 1 aromatic rings. The average Bonchev–Trinajstić information content (AvgIpc) is 2.62. The molecule has 1 unspecified atom stereocenters. The van der Waals surface area contributed by atoms with E-state index in [-0.39, 0.29) is 0 Å². The standard InChI is InChI=1S/C10H12N2O4S/c1-5-2-3-17-8(5)9(14)12-6(10(15)16)4-7(11)13/h2-3,6H,4H2,1H3,(H2,11,13)(H,12,14)(H,15,16). The van der Waals surface area contributed by atoms with Crippen molar-refractivity contribution < 1.29 is 19.5 Å². The third-order valence-electron chi connectivity index (χ3n) is 2.08. The van der Waals surface area contributed by atoms with E-state index < -0.39 is 30.2 Å². The molecule has 0 saturated carbocycles. The fourth-order valence-electron chi connectivity index (χ4n) is 1.23. The van der Waals surface area contributed by atoms with Crippen molar-refractivity contribution in [3.8, 4) is 0 Å². The van der Waals surface area contributed by atoms with Crippen LogP contribution < -0.4 is 11.1 Å². The van der Waals surface area contributed by atoms with Crippen molar-refractivity contribution in [1.82, 2.24) is 5.32 Å². The van der Waals surface area contributed by atoms with Crippen LogP contribution in [-0.2, 0) is 9.59 Å². The summed E-state index contributed by atoms with van der Waals surface area (Å²) < 4.78 is 0. The van der Waals surface area contributed by atoms with Crippen molar-refractivity contribution in [2.45, 2.75) is 19.4 Å². The molecule has 1 rings (SSSR count). The Morgan fingerprint density at radius 2 is 2.18 bits per heavy atom. The summed E-state index contributed by atoms with van der Waals surface area (Å²) in [7, 11) is 0. The van der Waals surface area contributed by atoms with Crippen LogP contribution >= 0.6 is 11.3 Å². The highest BCUT2D eigenvalue weighted by Gasteiger charge is 2.23. The van der Waals surface area contributed by atoms with Gasteiger partial charge in [-0.2, -0.15) is 0 Å². The predicted octanol–water partition coefficient (Wildman–Crippen LogP) is 0.115. The smallest absolute Gasteiger partial charge is 0.326 e. The maximum Gasteiger partial charge on any atom is 0.326 e. The topological polar surface area (TPSA) is 109 Å². The summed E-state index contributed by atoms with van der Waals surface area (Å²) in [6.07, 6.45) is -0.425. The molecule has 4 N–H and O–H groups in total. The number of hydrogen-bond donors (Lipinski definition) is 3. The van der Waals surface area contributed by atoms with E-state index in [1.54, 1.807) is 18.4 Å². The second kappa shape index (κ2) is 5.44. The summed E-state index contributed by atoms with van der Waals surface area (Å²) in [5, 5.41) is 12.8. The lowest BCUT2D eigenvalue weighted by molar-refractivity contribution is -0.140. The van der Waals surface area contributed by atoms with Gasteiger partial charge in [0.25, 0.3) is 5.91 Å². The summed E-state index contributed by atoms with van der Waals surface area (Å²) >= 11 is 1.21. The molecule has 92 valence electrons. The Morgan fingerprint density at radius 1 is 1.53 bits per heavy atom. The summed E-state index contributed by atoms with van der Waals surface area (Å²) in [4.78, 5) is 33.6. The summed E-state index contributed by atoms with van der Waals surface area (Å²) in [6.45, 7) is 1.75. The van der Waals surface area contributed by atoms with Gasteiger partial charge in [0.05, 0.1) is 11.3 Å². The first-order chi connectivity index (χ1) is 7.91. The number of aryl methyl sites for hydroxylation is 1. The second-order valence-electron chi connectivity index (χ2n) is 3.47. The third kappa shape index (κ3) is 3.56. The molecule has 0 aliphatic heterocycles. The van der Waals surface area contributed by atoms with Crippen LogP contribution in [0.25, 0.3) is 0 Å². The number of hydrogen-bond acceptors (Lipinski definition) is 4. The van der Waals surface area contributed by atoms with Crippen LogP contribution in [0.1, 0.15) is 21.7 Å². The number of rotatable bonds is 5. The van der Waals surface area contributed by atoms with Crippen LogP contribution in [0.3, 0.4) is 0 Å². The van der Waals surface area contributed by atoms with Crippen molar-refractivity contribution >= 4 is 29.1 Å². The van der Waals surface area contributed by atoms with Gasteiger partial charge in [0.15, 0.2) is 0 Å². The normalized spacial score (nSPS) is 11.8. The fourth-order valence-corrected chi connectivity index (χ4v) is 2.06. The van der Waals surface area contributed by atoms with Gasteiger partial charge in [0, 0.05) is 0 Å². The molecule has 7 heteroatoms. The maximum atomic E-state index is 11.7. The number of nitrogens with one attached hydrogen (secondary N) is 1. The fraction of sp³-hybridized carbons (Fsp3) is 0.300. The second-order valence-corrected chi connectivity index (χ2v) is 4.38. The summed E-state index contributed by atoms with van der Waals surface area (Å²) in [5.41, 5.74) is 5.66. The number of carbonyl (C=O) groups is 3. The van der Waals surface area contributed by atoms with Crippen molar-refractivity contribution in [2.24, 2.45) is 5.73 Å². The highest BCUT2D eigenvalue weighted by Crippen LogP contribution is 2.15. The van der Waals surface area contributed by atoms with Crippen LogP contribution in [0.5, 0.6) is 0 Å². The Kier molecular flexibility index (Phi) is 4.22. The molecule has 0 aliphatic carbocycles. The molecule has 1 atom stereocenters. The van der Waals surface area contributed by atoms with E-state index in [4.69, 9.17) is 10.8 Å². The van der Waals surface area contributed by atoms with Gasteiger partial charge in [-0.15, -0.1) is 11.3 Å². The third-order valence-corrected chi connectivity index (χ3v) is 3.09. The molecule has 1 aromatic heterocycles. The Morgan fingerprint density at radius 3 is 2.59 bits per heavy atom. The maximum absolute atomic E-state index is 11.7. The van der Waals surface area contributed by atoms with E-state index in [1.807, 2.05) is 0 Å². The molecule has 0 aliphatic rings. The zero-order chi connectivity index (χ0) is 13.0. The van der Waals surface area contributed by atoms with Crippen LogP contribution in [0.4, 0.5) is 0 Å². The minimum Gasteiger partial charge on any atom is -0.480 e. The van der Waals surface area contributed by atoms with Gasteiger partial charge < -0.3 is 16.2 Å². The number of thiophene rings is 1. The molecule has 0 spiro atoms. The van der Waals surface area contributed by atoms with E-state index in [2.05, 4.69) is 5.32 Å². The number of nitrogens with two attached hydrogens (primary N) is 1. The van der Waals surface area contributed by atoms with Crippen LogP contribution in [0, 0.1) is 6.92 Å². The number of primary amides is 1. The van der Waals surface area contributed by atoms with E-state index in [0.29, 0.717) is 4.88 Å². The highest BCUT2D eigenvalue weighted by molar-refractivity contribution is 7.12. The van der Waals surface area contributed by atoms with E-state index >= 15 is 0 Å². The van der Waals surface area contributed by atoms with E-state index in [9.17, 15) is 14.4 Å². The Labute approximate surface area is 101 Å². The van der Waals surface area contributed by atoms with Crippen molar-refractivity contribution in [3.05, 3.63) is 21.9 Å². The zero-order valence-electron chi connectivity index (χ0n) is 9.10. The molecule has 1 heterocycles. The number of carbonyl (C=O) groups excluding carboxylic acids is 2. The summed E-state index contributed by atoms with van der Waals surface area (Å²) in [6, 6.07) is 0.463. The van der Waals surface area contributed by atoms with Crippen LogP contribution in [0.2, 0.25) is 0 Å². The molecular weight excluding hydrogens is 244 g/mol. The van der Waals surface area contributed by atoms with Crippen LogP contribution in [-0.4, -0.2) is 28.9 Å². The minimum atomic E-state index is -1.29. The van der Waals surface area contributed by atoms with Gasteiger partial charge in [-0.25, -0.2) is 4.79 Å². The number of carboxylic acid groups (broad SMARTS) is 1. The quantitative estimate of drug-likeness (QED) is 0.694. The Bertz CT molecular complexity index is 455.